The molecule has 2 heterocycles. The lowest BCUT2D eigenvalue weighted by molar-refractivity contribution is -0.123. The number of fused-ring (bicyclic) bond motifs is 2. The molecule has 2 aliphatic heterocycles. The van der Waals surface area contributed by atoms with Crippen molar-refractivity contribution in [1.29, 1.82) is 0 Å². The first-order valence-corrected chi connectivity index (χ1v) is 9.06. The molecule has 0 spiro atoms. The van der Waals surface area contributed by atoms with Crippen LogP contribution in [-0.4, -0.2) is 35.3 Å². The SMILES string of the molecule is CC1(C)C[C@@H]2C[C@](C)(CN2[C@H]2CC(=O)N(c3ccc(F)cc3)C2=O)C1. The predicted molar refractivity (Wildman–Crippen MR) is 93.5 cm³/mol. The third kappa shape index (κ3) is 2.78. The maximum absolute atomic E-state index is 13.2. The fraction of sp³-hybridized carbons (Fsp3) is 0.600. The summed E-state index contributed by atoms with van der Waals surface area (Å²) in [5, 5.41) is 0. The molecule has 3 aliphatic rings. The van der Waals surface area contributed by atoms with E-state index >= 15 is 0 Å². The van der Waals surface area contributed by atoms with Crippen LogP contribution in [0.5, 0.6) is 0 Å². The number of hydrogen-bond acceptors (Lipinski definition) is 3. The van der Waals surface area contributed by atoms with Gasteiger partial charge in [0.2, 0.25) is 5.91 Å². The minimum absolute atomic E-state index is 0.162. The van der Waals surface area contributed by atoms with Crippen molar-refractivity contribution in [3.63, 3.8) is 0 Å². The molecule has 134 valence electrons. The van der Waals surface area contributed by atoms with Crippen LogP contribution in [0.25, 0.3) is 0 Å². The highest BCUT2D eigenvalue weighted by Gasteiger charge is 2.54. The molecule has 1 aliphatic carbocycles. The van der Waals surface area contributed by atoms with Gasteiger partial charge in [0, 0.05) is 12.6 Å². The molecule has 4 rings (SSSR count). The van der Waals surface area contributed by atoms with Crippen molar-refractivity contribution in [3.8, 4) is 0 Å². The second kappa shape index (κ2) is 5.37. The molecular formula is C20H25FN2O2. The first-order chi connectivity index (χ1) is 11.7. The number of anilines is 1. The molecule has 0 aromatic heterocycles. The number of nitrogens with zero attached hydrogens (tertiary/aromatic N) is 2. The number of amides is 2. The van der Waals surface area contributed by atoms with Crippen molar-refractivity contribution in [1.82, 2.24) is 4.90 Å². The number of carbonyl (C=O) groups excluding carboxylic acids is 2. The Bertz CT molecular complexity index is 730. The number of hydrogen-bond donors (Lipinski definition) is 0. The standard InChI is InChI=1S/C20H25FN2O2/c1-19(2)9-15-10-20(3,11-19)12-22(15)16-8-17(24)23(18(16)25)14-6-4-13(21)5-7-14/h4-7,15-16H,8-12H2,1-3H3/t15-,16+,20+/m1/s1. The lowest BCUT2D eigenvalue weighted by Gasteiger charge is -2.40. The molecule has 1 aromatic rings. The van der Waals surface area contributed by atoms with Crippen molar-refractivity contribution >= 4 is 17.5 Å². The first-order valence-electron chi connectivity index (χ1n) is 9.06. The molecule has 2 saturated heterocycles. The molecular weight excluding hydrogens is 319 g/mol. The molecule has 5 heteroatoms. The van der Waals surface area contributed by atoms with E-state index in [0.29, 0.717) is 11.7 Å². The van der Waals surface area contributed by atoms with Gasteiger partial charge in [-0.25, -0.2) is 9.29 Å². The van der Waals surface area contributed by atoms with Crippen LogP contribution < -0.4 is 4.90 Å². The summed E-state index contributed by atoms with van der Waals surface area (Å²) in [5.41, 5.74) is 0.959. The number of rotatable bonds is 2. The van der Waals surface area contributed by atoms with Crippen LogP contribution in [0, 0.1) is 16.6 Å². The van der Waals surface area contributed by atoms with E-state index in [1.54, 1.807) is 0 Å². The third-order valence-electron chi connectivity index (χ3n) is 6.06. The fourth-order valence-corrected chi connectivity index (χ4v) is 5.60. The van der Waals surface area contributed by atoms with Gasteiger partial charge in [0.15, 0.2) is 0 Å². The van der Waals surface area contributed by atoms with Gasteiger partial charge in [-0.15, -0.1) is 0 Å². The summed E-state index contributed by atoms with van der Waals surface area (Å²) in [6.07, 6.45) is 3.55. The Hall–Kier alpha value is -1.75. The van der Waals surface area contributed by atoms with Crippen LogP contribution in [-0.2, 0) is 9.59 Å². The Morgan fingerprint density at radius 1 is 1.08 bits per heavy atom. The highest BCUT2D eigenvalue weighted by atomic mass is 19.1. The summed E-state index contributed by atoms with van der Waals surface area (Å²) < 4.78 is 13.2. The van der Waals surface area contributed by atoms with E-state index in [9.17, 15) is 14.0 Å². The predicted octanol–water partition coefficient (Wildman–Crippen LogP) is 3.36. The minimum atomic E-state index is -0.377. The van der Waals surface area contributed by atoms with Crippen molar-refractivity contribution in [3.05, 3.63) is 30.1 Å². The summed E-state index contributed by atoms with van der Waals surface area (Å²) in [5.74, 6) is -0.721. The van der Waals surface area contributed by atoms with Gasteiger partial charge < -0.3 is 0 Å². The minimum Gasteiger partial charge on any atom is -0.288 e. The zero-order chi connectivity index (χ0) is 18.0. The van der Waals surface area contributed by atoms with Gasteiger partial charge in [-0.2, -0.15) is 0 Å². The molecule has 0 unspecified atom stereocenters. The topological polar surface area (TPSA) is 40.6 Å². The van der Waals surface area contributed by atoms with E-state index in [-0.39, 0.29) is 40.9 Å². The zero-order valence-corrected chi connectivity index (χ0v) is 15.1. The second-order valence-electron chi connectivity index (χ2n) is 9.15. The van der Waals surface area contributed by atoms with E-state index < -0.39 is 0 Å². The van der Waals surface area contributed by atoms with Gasteiger partial charge in [0.1, 0.15) is 5.82 Å². The maximum atomic E-state index is 13.2. The van der Waals surface area contributed by atoms with Crippen molar-refractivity contribution in [2.24, 2.45) is 10.8 Å². The van der Waals surface area contributed by atoms with E-state index in [4.69, 9.17) is 0 Å². The number of likely N-dealkylation sites (tertiary alicyclic amines) is 1. The first kappa shape index (κ1) is 16.7. The Morgan fingerprint density at radius 3 is 2.44 bits per heavy atom. The number of benzene rings is 1. The summed E-state index contributed by atoms with van der Waals surface area (Å²) in [7, 11) is 0. The molecule has 0 N–H and O–H groups in total. The fourth-order valence-electron chi connectivity index (χ4n) is 5.60. The van der Waals surface area contributed by atoms with E-state index in [1.165, 1.54) is 29.2 Å². The molecule has 3 atom stereocenters. The van der Waals surface area contributed by atoms with E-state index in [1.807, 2.05) is 0 Å². The average Bonchev–Trinajstić information content (AvgIpc) is 2.92. The molecule has 4 nitrogen and oxygen atoms in total. The number of imide groups is 1. The van der Waals surface area contributed by atoms with Gasteiger partial charge in [-0.05, 0) is 54.4 Å². The second-order valence-corrected chi connectivity index (χ2v) is 9.15. The Balaban J connectivity index is 1.59. The summed E-state index contributed by atoms with van der Waals surface area (Å²) >= 11 is 0. The van der Waals surface area contributed by atoms with Gasteiger partial charge in [0.05, 0.1) is 18.2 Å². The van der Waals surface area contributed by atoms with Crippen LogP contribution in [0.2, 0.25) is 0 Å². The largest absolute Gasteiger partial charge is 0.288 e. The average molecular weight is 344 g/mol. The van der Waals surface area contributed by atoms with Crippen molar-refractivity contribution in [2.75, 3.05) is 11.4 Å². The Kier molecular flexibility index (Phi) is 3.59. The highest BCUT2D eigenvalue weighted by Crippen LogP contribution is 2.53. The van der Waals surface area contributed by atoms with Gasteiger partial charge in [0.25, 0.3) is 5.91 Å². The molecule has 3 fully saturated rings. The molecule has 2 amide bonds. The zero-order valence-electron chi connectivity index (χ0n) is 15.1. The van der Waals surface area contributed by atoms with Crippen LogP contribution in [0.3, 0.4) is 0 Å². The summed E-state index contributed by atoms with van der Waals surface area (Å²) in [6.45, 7) is 7.78. The highest BCUT2D eigenvalue weighted by molar-refractivity contribution is 6.22. The maximum Gasteiger partial charge on any atom is 0.251 e. The molecule has 25 heavy (non-hydrogen) atoms. The Labute approximate surface area is 148 Å². The summed E-state index contributed by atoms with van der Waals surface area (Å²) in [6, 6.07) is 5.56. The van der Waals surface area contributed by atoms with Crippen molar-refractivity contribution in [2.45, 2.75) is 58.5 Å². The van der Waals surface area contributed by atoms with Crippen LogP contribution in [0.4, 0.5) is 10.1 Å². The molecule has 1 aromatic carbocycles. The third-order valence-corrected chi connectivity index (χ3v) is 6.06. The van der Waals surface area contributed by atoms with Crippen LogP contribution in [0.15, 0.2) is 24.3 Å². The van der Waals surface area contributed by atoms with Gasteiger partial charge in [-0.1, -0.05) is 20.8 Å². The molecule has 2 bridgehead atoms. The van der Waals surface area contributed by atoms with Crippen LogP contribution >= 0.6 is 0 Å². The quantitative estimate of drug-likeness (QED) is 0.773. The molecule has 0 radical (unpaired) electrons. The van der Waals surface area contributed by atoms with E-state index in [0.717, 1.165) is 25.8 Å². The Morgan fingerprint density at radius 2 is 1.76 bits per heavy atom. The number of carbonyl (C=O) groups is 2. The molecule has 1 saturated carbocycles. The normalized spacial score (nSPS) is 34.8. The smallest absolute Gasteiger partial charge is 0.251 e. The lowest BCUT2D eigenvalue weighted by Crippen LogP contribution is -2.45. The summed E-state index contributed by atoms with van der Waals surface area (Å²) in [4.78, 5) is 29.0. The monoisotopic (exact) mass is 344 g/mol. The van der Waals surface area contributed by atoms with E-state index in [2.05, 4.69) is 25.7 Å². The number of halogens is 1. The lowest BCUT2D eigenvalue weighted by atomic mass is 9.65. The van der Waals surface area contributed by atoms with Gasteiger partial charge >= 0.3 is 0 Å². The van der Waals surface area contributed by atoms with Crippen molar-refractivity contribution < 1.29 is 14.0 Å². The van der Waals surface area contributed by atoms with Gasteiger partial charge in [-0.3, -0.25) is 14.5 Å². The van der Waals surface area contributed by atoms with Crippen LogP contribution in [0.1, 0.15) is 46.5 Å².